The highest BCUT2D eigenvalue weighted by atomic mass is 16.5. The molecule has 2 aromatic carbocycles. The van der Waals surface area contributed by atoms with Crippen LogP contribution in [0.5, 0.6) is 0 Å². The number of aliphatic imine (C=N–C) groups is 1. The van der Waals surface area contributed by atoms with E-state index in [0.717, 1.165) is 64.9 Å². The number of hydrogen-bond acceptors (Lipinski definition) is 3. The summed E-state index contributed by atoms with van der Waals surface area (Å²) in [6.07, 6.45) is 2.19. The minimum absolute atomic E-state index is 0.633. The summed E-state index contributed by atoms with van der Waals surface area (Å²) < 4.78 is 5.50. The van der Waals surface area contributed by atoms with Crippen molar-refractivity contribution in [1.29, 1.82) is 0 Å². The molecule has 4 rings (SSSR count). The molecule has 5 heteroatoms. The van der Waals surface area contributed by atoms with Gasteiger partial charge >= 0.3 is 0 Å². The van der Waals surface area contributed by atoms with Crippen LogP contribution in [0.2, 0.25) is 0 Å². The molecule has 5 nitrogen and oxygen atoms in total. The van der Waals surface area contributed by atoms with Crippen molar-refractivity contribution in [2.24, 2.45) is 4.99 Å². The van der Waals surface area contributed by atoms with Gasteiger partial charge in [-0.05, 0) is 36.1 Å². The molecule has 0 saturated carbocycles. The van der Waals surface area contributed by atoms with Crippen LogP contribution in [0.25, 0.3) is 10.8 Å². The Morgan fingerprint density at radius 1 is 1.11 bits per heavy atom. The Labute approximate surface area is 168 Å². The van der Waals surface area contributed by atoms with Crippen LogP contribution in [0.1, 0.15) is 18.9 Å². The van der Waals surface area contributed by atoms with Crippen molar-refractivity contribution in [2.75, 3.05) is 52.5 Å². The molecule has 0 spiro atoms. The molecule has 0 aliphatic carbocycles. The fourth-order valence-corrected chi connectivity index (χ4v) is 4.29. The maximum absolute atomic E-state index is 5.50. The van der Waals surface area contributed by atoms with E-state index in [1.807, 2.05) is 0 Å². The van der Waals surface area contributed by atoms with Crippen LogP contribution in [0.3, 0.4) is 0 Å². The molecule has 0 amide bonds. The summed E-state index contributed by atoms with van der Waals surface area (Å²) >= 11 is 0. The van der Waals surface area contributed by atoms with E-state index in [0.29, 0.717) is 6.04 Å². The van der Waals surface area contributed by atoms with Crippen LogP contribution in [0, 0.1) is 0 Å². The predicted octanol–water partition coefficient (Wildman–Crippen LogP) is 2.75. The summed E-state index contributed by atoms with van der Waals surface area (Å²) in [5, 5.41) is 6.11. The van der Waals surface area contributed by atoms with Gasteiger partial charge in [0.15, 0.2) is 5.96 Å². The van der Waals surface area contributed by atoms with Crippen molar-refractivity contribution in [3.63, 3.8) is 0 Å². The highest BCUT2D eigenvalue weighted by Crippen LogP contribution is 2.18. The second-order valence-electron chi connectivity index (χ2n) is 7.70. The summed E-state index contributed by atoms with van der Waals surface area (Å²) in [7, 11) is 0. The number of likely N-dealkylation sites (tertiary alicyclic amines) is 1. The molecule has 1 unspecified atom stereocenters. The van der Waals surface area contributed by atoms with Crippen molar-refractivity contribution in [3.05, 3.63) is 48.0 Å². The zero-order chi connectivity index (χ0) is 19.2. The molecule has 2 aliphatic rings. The van der Waals surface area contributed by atoms with Gasteiger partial charge in [-0.1, -0.05) is 42.5 Å². The molecule has 2 aliphatic heterocycles. The van der Waals surface area contributed by atoms with Gasteiger partial charge in [-0.2, -0.15) is 0 Å². The summed E-state index contributed by atoms with van der Waals surface area (Å²) in [4.78, 5) is 9.96. The van der Waals surface area contributed by atoms with Gasteiger partial charge < -0.3 is 15.0 Å². The summed E-state index contributed by atoms with van der Waals surface area (Å²) in [5.74, 6) is 1.07. The Bertz CT molecular complexity index is 800. The molecule has 2 saturated heterocycles. The molecule has 0 bridgehead atoms. The molecular formula is C23H32N4O. The first-order valence-corrected chi connectivity index (χ1v) is 10.7. The van der Waals surface area contributed by atoms with E-state index in [1.165, 1.54) is 22.8 Å². The largest absolute Gasteiger partial charge is 0.379 e. The topological polar surface area (TPSA) is 40.1 Å². The first-order valence-electron chi connectivity index (χ1n) is 10.7. The maximum atomic E-state index is 5.50. The highest BCUT2D eigenvalue weighted by molar-refractivity contribution is 5.83. The van der Waals surface area contributed by atoms with E-state index in [2.05, 4.69) is 64.5 Å². The Hall–Kier alpha value is -2.11. The number of ether oxygens (including phenoxy) is 1. The third kappa shape index (κ3) is 4.65. The number of hydrogen-bond donors (Lipinski definition) is 1. The zero-order valence-electron chi connectivity index (χ0n) is 16.9. The molecule has 0 aromatic heterocycles. The van der Waals surface area contributed by atoms with Crippen molar-refractivity contribution in [2.45, 2.75) is 25.8 Å². The fourth-order valence-electron chi connectivity index (χ4n) is 4.29. The van der Waals surface area contributed by atoms with Crippen LogP contribution in [0.4, 0.5) is 0 Å². The van der Waals surface area contributed by atoms with Crippen LogP contribution < -0.4 is 5.32 Å². The van der Waals surface area contributed by atoms with Gasteiger partial charge in [-0.15, -0.1) is 0 Å². The second kappa shape index (κ2) is 9.39. The predicted molar refractivity (Wildman–Crippen MR) is 116 cm³/mol. The number of morpholine rings is 1. The Kier molecular flexibility index (Phi) is 6.45. The lowest BCUT2D eigenvalue weighted by atomic mass is 10.1. The number of benzene rings is 2. The van der Waals surface area contributed by atoms with Crippen molar-refractivity contribution >= 4 is 16.7 Å². The molecule has 150 valence electrons. The van der Waals surface area contributed by atoms with E-state index < -0.39 is 0 Å². The fraction of sp³-hybridized carbons (Fsp3) is 0.522. The van der Waals surface area contributed by atoms with E-state index in [-0.39, 0.29) is 0 Å². The van der Waals surface area contributed by atoms with Crippen molar-refractivity contribution < 1.29 is 4.74 Å². The van der Waals surface area contributed by atoms with Crippen molar-refractivity contribution in [1.82, 2.24) is 15.1 Å². The number of nitrogens with zero attached hydrogens (tertiary/aromatic N) is 3. The standard InChI is InChI=1S/C23H32N4O/c1-2-24-23(27-12-10-22(18-27)26-13-15-28-16-14-26)25-11-9-19-7-8-20-5-3-4-6-21(20)17-19/h3-8,17,22H,2,9-16,18H2,1H3,(H,24,25). The normalized spacial score (nSPS) is 21.4. The smallest absolute Gasteiger partial charge is 0.193 e. The monoisotopic (exact) mass is 380 g/mol. The quantitative estimate of drug-likeness (QED) is 0.640. The van der Waals surface area contributed by atoms with Gasteiger partial charge in [0.25, 0.3) is 0 Å². The average molecular weight is 381 g/mol. The minimum atomic E-state index is 0.633. The molecule has 1 N–H and O–H groups in total. The highest BCUT2D eigenvalue weighted by Gasteiger charge is 2.30. The summed E-state index contributed by atoms with van der Waals surface area (Å²) in [6.45, 7) is 9.90. The zero-order valence-corrected chi connectivity index (χ0v) is 16.9. The first kappa shape index (κ1) is 19.2. The molecule has 2 aromatic rings. The molecule has 28 heavy (non-hydrogen) atoms. The van der Waals surface area contributed by atoms with Gasteiger partial charge in [0.2, 0.25) is 0 Å². The van der Waals surface area contributed by atoms with Crippen LogP contribution in [-0.2, 0) is 11.2 Å². The molecule has 0 radical (unpaired) electrons. The third-order valence-corrected chi connectivity index (χ3v) is 5.84. The van der Waals surface area contributed by atoms with E-state index in [9.17, 15) is 0 Å². The van der Waals surface area contributed by atoms with Crippen molar-refractivity contribution in [3.8, 4) is 0 Å². The molecule has 2 fully saturated rings. The SMILES string of the molecule is CCNC(=NCCc1ccc2ccccc2c1)N1CCC(N2CCOCC2)C1. The molecular weight excluding hydrogens is 348 g/mol. The third-order valence-electron chi connectivity index (χ3n) is 5.84. The lowest BCUT2D eigenvalue weighted by molar-refractivity contribution is 0.0195. The Morgan fingerprint density at radius 2 is 1.93 bits per heavy atom. The van der Waals surface area contributed by atoms with Crippen LogP contribution >= 0.6 is 0 Å². The maximum Gasteiger partial charge on any atom is 0.193 e. The lowest BCUT2D eigenvalue weighted by Crippen LogP contribution is -2.46. The van der Waals surface area contributed by atoms with E-state index in [4.69, 9.17) is 9.73 Å². The number of fused-ring (bicyclic) bond motifs is 1. The second-order valence-corrected chi connectivity index (χ2v) is 7.70. The van der Waals surface area contributed by atoms with E-state index in [1.54, 1.807) is 0 Å². The molecule has 1 atom stereocenters. The average Bonchev–Trinajstić information content (AvgIpc) is 3.24. The van der Waals surface area contributed by atoms with Crippen LogP contribution in [-0.4, -0.2) is 74.3 Å². The van der Waals surface area contributed by atoms with Gasteiger partial charge in [-0.3, -0.25) is 9.89 Å². The lowest BCUT2D eigenvalue weighted by Gasteiger charge is -2.32. The van der Waals surface area contributed by atoms with Gasteiger partial charge in [-0.25, -0.2) is 0 Å². The molecule has 2 heterocycles. The minimum Gasteiger partial charge on any atom is -0.379 e. The summed E-state index contributed by atoms with van der Waals surface area (Å²) in [5.41, 5.74) is 1.35. The Morgan fingerprint density at radius 3 is 2.75 bits per heavy atom. The van der Waals surface area contributed by atoms with E-state index >= 15 is 0 Å². The van der Waals surface area contributed by atoms with Crippen LogP contribution in [0.15, 0.2) is 47.5 Å². The number of rotatable bonds is 5. The first-order chi connectivity index (χ1) is 13.8. The van der Waals surface area contributed by atoms with Gasteiger partial charge in [0.1, 0.15) is 0 Å². The number of guanidine groups is 1. The van der Waals surface area contributed by atoms with Gasteiger partial charge in [0.05, 0.1) is 13.2 Å². The Balaban J connectivity index is 1.36. The number of nitrogens with one attached hydrogen (secondary N) is 1. The van der Waals surface area contributed by atoms with Gasteiger partial charge in [0, 0.05) is 45.3 Å². The summed E-state index contributed by atoms with van der Waals surface area (Å²) in [6, 6.07) is 15.9.